The van der Waals surface area contributed by atoms with Gasteiger partial charge in [0.25, 0.3) is 0 Å². The van der Waals surface area contributed by atoms with Gasteiger partial charge in [0, 0.05) is 12.7 Å². The van der Waals surface area contributed by atoms with Crippen LogP contribution in [-0.2, 0) is 0 Å². The summed E-state index contributed by atoms with van der Waals surface area (Å²) < 4.78 is 0. The van der Waals surface area contributed by atoms with E-state index in [4.69, 9.17) is 23.2 Å². The minimum absolute atomic E-state index is 0.554. The third-order valence-corrected chi connectivity index (χ3v) is 2.38. The zero-order valence-electron chi connectivity index (χ0n) is 8.69. The molecule has 0 saturated carbocycles. The van der Waals surface area contributed by atoms with E-state index in [1.54, 1.807) is 12.3 Å². The highest BCUT2D eigenvalue weighted by Gasteiger charge is 2.01. The number of anilines is 1. The Morgan fingerprint density at radius 2 is 2.13 bits per heavy atom. The Morgan fingerprint density at radius 1 is 1.33 bits per heavy atom. The van der Waals surface area contributed by atoms with Gasteiger partial charge in [-0.05, 0) is 25.6 Å². The largest absolute Gasteiger partial charge is 0.369 e. The van der Waals surface area contributed by atoms with Gasteiger partial charge in [-0.1, -0.05) is 30.1 Å². The molecule has 1 heterocycles. The van der Waals surface area contributed by atoms with Crippen molar-refractivity contribution in [3.05, 3.63) is 22.3 Å². The lowest BCUT2D eigenvalue weighted by atomic mass is 10.4. The molecule has 0 amide bonds. The molecule has 0 aromatic carbocycles. The monoisotopic (exact) mass is 247 g/mol. The fraction of sp³-hybridized carbons (Fsp3) is 0.500. The van der Waals surface area contributed by atoms with E-state index in [-0.39, 0.29) is 0 Å². The lowest BCUT2D eigenvalue weighted by Gasteiger charge is -2.07. The second-order valence-electron chi connectivity index (χ2n) is 3.12. The molecule has 2 N–H and O–H groups in total. The molecule has 0 bridgehead atoms. The van der Waals surface area contributed by atoms with Crippen molar-refractivity contribution in [3.63, 3.8) is 0 Å². The van der Waals surface area contributed by atoms with Gasteiger partial charge in [0.2, 0.25) is 0 Å². The van der Waals surface area contributed by atoms with Gasteiger partial charge < -0.3 is 10.6 Å². The summed E-state index contributed by atoms with van der Waals surface area (Å²) in [7, 11) is 0. The van der Waals surface area contributed by atoms with Crippen LogP contribution in [-0.4, -0.2) is 24.6 Å². The number of rotatable bonds is 6. The summed E-state index contributed by atoms with van der Waals surface area (Å²) in [6.45, 7) is 4.93. The summed E-state index contributed by atoms with van der Waals surface area (Å²) >= 11 is 11.7. The number of nitrogens with one attached hydrogen (secondary N) is 2. The first-order chi connectivity index (χ1) is 7.24. The molecule has 0 spiro atoms. The standard InChI is InChI=1S/C10H15Cl2N3/c1-2-13-4-3-5-14-10-9(12)6-8(11)7-15-10/h6-7,13H,2-5H2,1H3,(H,14,15). The van der Waals surface area contributed by atoms with Crippen molar-refractivity contribution in [2.24, 2.45) is 0 Å². The van der Waals surface area contributed by atoms with Gasteiger partial charge in [0.15, 0.2) is 0 Å². The van der Waals surface area contributed by atoms with Crippen LogP contribution in [0.1, 0.15) is 13.3 Å². The molecule has 15 heavy (non-hydrogen) atoms. The molecule has 0 aliphatic carbocycles. The van der Waals surface area contributed by atoms with Crippen molar-refractivity contribution in [2.75, 3.05) is 25.0 Å². The van der Waals surface area contributed by atoms with Gasteiger partial charge in [-0.3, -0.25) is 0 Å². The highest BCUT2D eigenvalue weighted by molar-refractivity contribution is 6.35. The van der Waals surface area contributed by atoms with E-state index >= 15 is 0 Å². The zero-order valence-corrected chi connectivity index (χ0v) is 10.2. The molecule has 1 aromatic rings. The van der Waals surface area contributed by atoms with Crippen LogP contribution in [0.2, 0.25) is 10.0 Å². The molecule has 1 aromatic heterocycles. The Kier molecular flexibility index (Phi) is 5.76. The molecule has 1 rings (SSSR count). The van der Waals surface area contributed by atoms with Crippen molar-refractivity contribution in [1.82, 2.24) is 10.3 Å². The SMILES string of the molecule is CCNCCCNc1ncc(Cl)cc1Cl. The third-order valence-electron chi connectivity index (χ3n) is 1.88. The summed E-state index contributed by atoms with van der Waals surface area (Å²) in [5.74, 6) is 0.692. The first-order valence-electron chi connectivity index (χ1n) is 4.99. The van der Waals surface area contributed by atoms with Gasteiger partial charge in [0.1, 0.15) is 5.82 Å². The minimum Gasteiger partial charge on any atom is -0.369 e. The van der Waals surface area contributed by atoms with E-state index in [0.29, 0.717) is 15.9 Å². The maximum absolute atomic E-state index is 5.94. The lowest BCUT2D eigenvalue weighted by molar-refractivity contribution is 0.688. The maximum Gasteiger partial charge on any atom is 0.144 e. The smallest absolute Gasteiger partial charge is 0.144 e. The number of hydrogen-bond donors (Lipinski definition) is 2. The Morgan fingerprint density at radius 3 is 2.80 bits per heavy atom. The first-order valence-corrected chi connectivity index (χ1v) is 5.75. The molecule has 0 radical (unpaired) electrons. The topological polar surface area (TPSA) is 37.0 Å². The molecule has 5 heteroatoms. The summed E-state index contributed by atoms with van der Waals surface area (Å²) in [5.41, 5.74) is 0. The van der Waals surface area contributed by atoms with Crippen LogP contribution in [0, 0.1) is 0 Å². The first kappa shape index (κ1) is 12.6. The number of aromatic nitrogens is 1. The third kappa shape index (κ3) is 4.69. The van der Waals surface area contributed by atoms with Crippen LogP contribution in [0.3, 0.4) is 0 Å². The fourth-order valence-electron chi connectivity index (χ4n) is 1.14. The summed E-state index contributed by atoms with van der Waals surface area (Å²) in [4.78, 5) is 4.10. The number of nitrogens with zero attached hydrogens (tertiary/aromatic N) is 1. The molecule has 3 nitrogen and oxygen atoms in total. The number of hydrogen-bond acceptors (Lipinski definition) is 3. The van der Waals surface area contributed by atoms with Crippen molar-refractivity contribution in [2.45, 2.75) is 13.3 Å². The quantitative estimate of drug-likeness (QED) is 0.760. The Labute approximate surface area is 100 Å². The highest BCUT2D eigenvalue weighted by atomic mass is 35.5. The lowest BCUT2D eigenvalue weighted by Crippen LogP contribution is -2.17. The van der Waals surface area contributed by atoms with Gasteiger partial charge >= 0.3 is 0 Å². The Bertz CT molecular complexity index is 305. The molecule has 0 unspecified atom stereocenters. The van der Waals surface area contributed by atoms with Gasteiger partial charge in [-0.2, -0.15) is 0 Å². The molecule has 0 fully saturated rings. The predicted molar refractivity (Wildman–Crippen MR) is 65.9 cm³/mol. The highest BCUT2D eigenvalue weighted by Crippen LogP contribution is 2.22. The predicted octanol–water partition coefficient (Wildman–Crippen LogP) is 2.80. The van der Waals surface area contributed by atoms with E-state index in [2.05, 4.69) is 22.5 Å². The van der Waals surface area contributed by atoms with Crippen LogP contribution in [0.4, 0.5) is 5.82 Å². The summed E-state index contributed by atoms with van der Waals surface area (Å²) in [6.07, 6.45) is 2.62. The van der Waals surface area contributed by atoms with Gasteiger partial charge in [-0.15, -0.1) is 0 Å². The summed E-state index contributed by atoms with van der Waals surface area (Å²) in [6, 6.07) is 1.68. The Hall–Kier alpha value is -0.510. The van der Waals surface area contributed by atoms with Crippen molar-refractivity contribution in [3.8, 4) is 0 Å². The average Bonchev–Trinajstić information content (AvgIpc) is 2.20. The molecule has 0 atom stereocenters. The molecule has 0 aliphatic heterocycles. The van der Waals surface area contributed by atoms with Crippen molar-refractivity contribution in [1.29, 1.82) is 0 Å². The molecule has 0 saturated heterocycles. The molecule has 84 valence electrons. The molecular formula is C10H15Cl2N3. The van der Waals surface area contributed by atoms with E-state index in [1.165, 1.54) is 0 Å². The van der Waals surface area contributed by atoms with Crippen LogP contribution in [0.15, 0.2) is 12.3 Å². The van der Waals surface area contributed by atoms with E-state index < -0.39 is 0 Å². The number of halogens is 2. The Balaban J connectivity index is 2.31. The van der Waals surface area contributed by atoms with E-state index in [9.17, 15) is 0 Å². The second kappa shape index (κ2) is 6.88. The van der Waals surface area contributed by atoms with Gasteiger partial charge in [-0.25, -0.2) is 4.98 Å². The van der Waals surface area contributed by atoms with Crippen LogP contribution in [0.5, 0.6) is 0 Å². The van der Waals surface area contributed by atoms with Crippen molar-refractivity contribution >= 4 is 29.0 Å². The normalized spacial score (nSPS) is 10.3. The van der Waals surface area contributed by atoms with Crippen LogP contribution < -0.4 is 10.6 Å². The van der Waals surface area contributed by atoms with Crippen molar-refractivity contribution < 1.29 is 0 Å². The molecular weight excluding hydrogens is 233 g/mol. The van der Waals surface area contributed by atoms with Crippen LogP contribution in [0.25, 0.3) is 0 Å². The minimum atomic E-state index is 0.554. The fourth-order valence-corrected chi connectivity index (χ4v) is 1.59. The molecule has 0 aliphatic rings. The maximum atomic E-state index is 5.94. The second-order valence-corrected chi connectivity index (χ2v) is 3.96. The van der Waals surface area contributed by atoms with Gasteiger partial charge in [0.05, 0.1) is 10.0 Å². The average molecular weight is 248 g/mol. The summed E-state index contributed by atoms with van der Waals surface area (Å²) in [5, 5.41) is 7.52. The van der Waals surface area contributed by atoms with E-state index in [1.807, 2.05) is 0 Å². The van der Waals surface area contributed by atoms with E-state index in [0.717, 1.165) is 26.1 Å². The number of pyridine rings is 1. The van der Waals surface area contributed by atoms with Crippen LogP contribution >= 0.6 is 23.2 Å². The zero-order chi connectivity index (χ0) is 11.1.